The summed E-state index contributed by atoms with van der Waals surface area (Å²) in [5.74, 6) is 0. The monoisotopic (exact) mass is 716 g/mol. The first-order chi connectivity index (χ1) is 27.8. The molecule has 0 aliphatic carbocycles. The predicted molar refractivity (Wildman–Crippen MR) is 233 cm³/mol. The first-order valence-electron chi connectivity index (χ1n) is 19.0. The quantitative estimate of drug-likeness (QED) is 0.178. The van der Waals surface area contributed by atoms with Crippen molar-refractivity contribution >= 4 is 93.5 Å². The van der Waals surface area contributed by atoms with Gasteiger partial charge in [0.2, 0.25) is 0 Å². The lowest BCUT2D eigenvalue weighted by atomic mass is 10.0. The van der Waals surface area contributed by atoms with Crippen molar-refractivity contribution in [2.45, 2.75) is 0 Å². The van der Waals surface area contributed by atoms with Crippen molar-refractivity contribution in [3.05, 3.63) is 194 Å². The van der Waals surface area contributed by atoms with Crippen LogP contribution in [-0.2, 0) is 0 Å². The fraction of sp³-hybridized carbons (Fsp3) is 0. The molecule has 0 saturated heterocycles. The summed E-state index contributed by atoms with van der Waals surface area (Å²) in [6.45, 7) is 0. The third-order valence-corrected chi connectivity index (χ3v) is 11.4. The van der Waals surface area contributed by atoms with Crippen LogP contribution in [0, 0.1) is 0 Å². The molecule has 0 spiro atoms. The molecule has 3 aromatic heterocycles. The SMILES string of the molecule is c1cc(-c2ccc(N(c3cccc4oc5ccccc5c34)c3cccc4oc5c6ccccc6ccc5c34)cc2)cc(-n2c3ccccc3c3ccccc32)c1. The van der Waals surface area contributed by atoms with E-state index >= 15 is 0 Å². The van der Waals surface area contributed by atoms with Gasteiger partial charge in [-0.2, -0.15) is 0 Å². The molecule has 0 radical (unpaired) electrons. The number of hydrogen-bond donors (Lipinski definition) is 0. The number of nitrogens with zero attached hydrogens (tertiary/aromatic N) is 2. The Kier molecular flexibility index (Phi) is 6.60. The topological polar surface area (TPSA) is 34.5 Å². The molecule has 0 saturated carbocycles. The highest BCUT2D eigenvalue weighted by molar-refractivity contribution is 6.21. The van der Waals surface area contributed by atoms with Gasteiger partial charge in [0, 0.05) is 38.3 Å². The van der Waals surface area contributed by atoms with E-state index < -0.39 is 0 Å². The highest BCUT2D eigenvalue weighted by Gasteiger charge is 2.24. The zero-order valence-corrected chi connectivity index (χ0v) is 30.2. The summed E-state index contributed by atoms with van der Waals surface area (Å²) in [5.41, 5.74) is 12.4. The molecule has 0 bridgehead atoms. The number of para-hydroxylation sites is 3. The Balaban J connectivity index is 1.05. The van der Waals surface area contributed by atoms with Crippen molar-refractivity contribution in [2.24, 2.45) is 0 Å². The summed E-state index contributed by atoms with van der Waals surface area (Å²) in [5, 5.41) is 9.08. The van der Waals surface area contributed by atoms with E-state index in [1.165, 1.54) is 21.8 Å². The molecule has 4 nitrogen and oxygen atoms in total. The summed E-state index contributed by atoms with van der Waals surface area (Å²) < 4.78 is 15.5. The van der Waals surface area contributed by atoms with Crippen molar-refractivity contribution in [3.8, 4) is 16.8 Å². The number of hydrogen-bond acceptors (Lipinski definition) is 3. The van der Waals surface area contributed by atoms with Crippen molar-refractivity contribution in [1.82, 2.24) is 4.57 Å². The van der Waals surface area contributed by atoms with Crippen LogP contribution in [0.3, 0.4) is 0 Å². The third-order valence-electron chi connectivity index (χ3n) is 11.4. The standard InChI is InChI=1S/C52H32N2O2/c1-2-15-38-34(12-1)28-31-42-51-46(22-11-25-49(51)56-52(38)42)53(45-21-10-24-48-50(45)41-18-5-8-23-47(41)55-48)36-29-26-33(27-30-36)35-13-9-14-37(32-35)54-43-19-6-3-16-39(43)40-17-4-7-20-44(40)54/h1-32H. The zero-order chi connectivity index (χ0) is 36.7. The van der Waals surface area contributed by atoms with Crippen molar-refractivity contribution in [3.63, 3.8) is 0 Å². The van der Waals surface area contributed by atoms with Crippen molar-refractivity contribution in [2.75, 3.05) is 4.90 Å². The van der Waals surface area contributed by atoms with Crippen molar-refractivity contribution in [1.29, 1.82) is 0 Å². The van der Waals surface area contributed by atoms with Gasteiger partial charge >= 0.3 is 0 Å². The molecule has 0 amide bonds. The summed E-state index contributed by atoms with van der Waals surface area (Å²) in [4.78, 5) is 2.37. The maximum atomic E-state index is 6.70. The molecular weight excluding hydrogens is 685 g/mol. The maximum Gasteiger partial charge on any atom is 0.143 e. The summed E-state index contributed by atoms with van der Waals surface area (Å²) in [6, 6.07) is 69.0. The molecule has 0 aliphatic heterocycles. The largest absolute Gasteiger partial charge is 0.456 e. The van der Waals surface area contributed by atoms with Gasteiger partial charge in [0.05, 0.1) is 33.2 Å². The molecule has 0 aliphatic rings. The molecule has 56 heavy (non-hydrogen) atoms. The number of aromatic nitrogens is 1. The van der Waals surface area contributed by atoms with E-state index in [0.29, 0.717) is 0 Å². The summed E-state index contributed by atoms with van der Waals surface area (Å²) in [6.07, 6.45) is 0. The van der Waals surface area contributed by atoms with E-state index in [0.717, 1.165) is 88.5 Å². The summed E-state index contributed by atoms with van der Waals surface area (Å²) >= 11 is 0. The van der Waals surface area contributed by atoms with Gasteiger partial charge in [-0.15, -0.1) is 0 Å². The molecular formula is C52H32N2O2. The molecule has 12 rings (SSSR count). The lowest BCUT2D eigenvalue weighted by molar-refractivity contribution is 0.669. The lowest BCUT2D eigenvalue weighted by Crippen LogP contribution is -2.10. The molecule has 262 valence electrons. The second-order valence-corrected chi connectivity index (χ2v) is 14.5. The van der Waals surface area contributed by atoms with E-state index in [1.54, 1.807) is 0 Å². The van der Waals surface area contributed by atoms with Gasteiger partial charge < -0.3 is 18.3 Å². The van der Waals surface area contributed by atoms with Crippen LogP contribution in [0.25, 0.3) is 93.3 Å². The Bertz CT molecular complexity index is 3440. The smallest absolute Gasteiger partial charge is 0.143 e. The molecule has 0 fully saturated rings. The van der Waals surface area contributed by atoms with E-state index in [-0.39, 0.29) is 0 Å². The minimum Gasteiger partial charge on any atom is -0.456 e. The Morgan fingerprint density at radius 2 is 0.964 bits per heavy atom. The molecule has 12 aromatic rings. The van der Waals surface area contributed by atoms with E-state index in [9.17, 15) is 0 Å². The first kappa shape index (κ1) is 30.9. The first-order valence-corrected chi connectivity index (χ1v) is 19.0. The average molecular weight is 717 g/mol. The molecule has 0 N–H and O–H groups in total. The average Bonchev–Trinajstić information content (AvgIpc) is 3.95. The number of benzene rings is 9. The van der Waals surface area contributed by atoms with Crippen LogP contribution in [0.1, 0.15) is 0 Å². The minimum absolute atomic E-state index is 0.849. The van der Waals surface area contributed by atoms with Gasteiger partial charge in [0.25, 0.3) is 0 Å². The van der Waals surface area contributed by atoms with Gasteiger partial charge in [-0.25, -0.2) is 0 Å². The van der Waals surface area contributed by atoms with Crippen LogP contribution in [0.4, 0.5) is 17.1 Å². The predicted octanol–water partition coefficient (Wildman–Crippen LogP) is 14.9. The molecule has 3 heterocycles. The Hall–Kier alpha value is -7.56. The van der Waals surface area contributed by atoms with Crippen LogP contribution < -0.4 is 4.90 Å². The van der Waals surface area contributed by atoms with Crippen LogP contribution in [0.5, 0.6) is 0 Å². The highest BCUT2D eigenvalue weighted by atomic mass is 16.3. The van der Waals surface area contributed by atoms with Crippen LogP contribution in [0.15, 0.2) is 203 Å². The van der Waals surface area contributed by atoms with Crippen LogP contribution in [0.2, 0.25) is 0 Å². The highest BCUT2D eigenvalue weighted by Crippen LogP contribution is 2.48. The Morgan fingerprint density at radius 1 is 0.375 bits per heavy atom. The Labute approximate surface area is 321 Å². The lowest BCUT2D eigenvalue weighted by Gasteiger charge is -2.27. The second kappa shape index (κ2) is 12.0. The molecule has 0 unspecified atom stereocenters. The van der Waals surface area contributed by atoms with E-state index in [2.05, 4.69) is 191 Å². The Morgan fingerprint density at radius 3 is 1.71 bits per heavy atom. The van der Waals surface area contributed by atoms with Gasteiger partial charge in [0.1, 0.15) is 22.3 Å². The normalized spacial score (nSPS) is 11.9. The van der Waals surface area contributed by atoms with Gasteiger partial charge in [0.15, 0.2) is 0 Å². The number of furan rings is 2. The number of anilines is 3. The molecule has 4 heteroatoms. The third kappa shape index (κ3) is 4.53. The van der Waals surface area contributed by atoms with Gasteiger partial charge in [-0.3, -0.25) is 0 Å². The number of fused-ring (bicyclic) bond motifs is 11. The van der Waals surface area contributed by atoms with Gasteiger partial charge in [-0.1, -0.05) is 121 Å². The maximum absolute atomic E-state index is 6.70. The van der Waals surface area contributed by atoms with E-state index in [4.69, 9.17) is 8.83 Å². The fourth-order valence-corrected chi connectivity index (χ4v) is 8.90. The van der Waals surface area contributed by atoms with Crippen LogP contribution >= 0.6 is 0 Å². The molecule has 0 atom stereocenters. The molecule has 9 aromatic carbocycles. The zero-order valence-electron chi connectivity index (χ0n) is 30.2. The fourth-order valence-electron chi connectivity index (χ4n) is 8.90. The van der Waals surface area contributed by atoms with Crippen LogP contribution in [-0.4, -0.2) is 4.57 Å². The van der Waals surface area contributed by atoms with Gasteiger partial charge in [-0.05, 0) is 89.3 Å². The minimum atomic E-state index is 0.849. The van der Waals surface area contributed by atoms with Crippen molar-refractivity contribution < 1.29 is 8.83 Å². The van der Waals surface area contributed by atoms with E-state index in [1.807, 2.05) is 12.1 Å². The summed E-state index contributed by atoms with van der Waals surface area (Å²) in [7, 11) is 0. The second-order valence-electron chi connectivity index (χ2n) is 14.5. The number of rotatable bonds is 5.